The van der Waals surface area contributed by atoms with Crippen LogP contribution in [-0.4, -0.2) is 14.4 Å². The van der Waals surface area contributed by atoms with Crippen molar-refractivity contribution in [3.63, 3.8) is 0 Å². The van der Waals surface area contributed by atoms with E-state index in [1.807, 2.05) is 36.5 Å². The number of benzene rings is 1. The van der Waals surface area contributed by atoms with Gasteiger partial charge < -0.3 is 9.38 Å². The van der Waals surface area contributed by atoms with Crippen molar-refractivity contribution >= 4 is 5.65 Å². The van der Waals surface area contributed by atoms with Crippen LogP contribution in [0.3, 0.4) is 0 Å². The summed E-state index contributed by atoms with van der Waals surface area (Å²) in [6.45, 7) is 0. The molecule has 0 amide bonds. The predicted molar refractivity (Wildman–Crippen MR) is 61.2 cm³/mol. The van der Waals surface area contributed by atoms with Crippen molar-refractivity contribution in [2.45, 2.75) is 0 Å². The molecule has 4 nitrogen and oxygen atoms in total. The van der Waals surface area contributed by atoms with Gasteiger partial charge in [0.05, 0.1) is 5.69 Å². The van der Waals surface area contributed by atoms with Crippen molar-refractivity contribution in [2.75, 3.05) is 0 Å². The van der Waals surface area contributed by atoms with Crippen molar-refractivity contribution in [3.8, 4) is 11.3 Å². The summed E-state index contributed by atoms with van der Waals surface area (Å²) in [5, 5.41) is 0. The Labute approximate surface area is 91.2 Å². The minimum Gasteiger partial charge on any atom is -0.317 e. The molecule has 2 aromatic heterocycles. The second-order valence-corrected chi connectivity index (χ2v) is 3.52. The third-order valence-electron chi connectivity index (χ3n) is 2.47. The maximum absolute atomic E-state index is 11.7. The Hall–Kier alpha value is -2.36. The third-order valence-corrected chi connectivity index (χ3v) is 2.47. The van der Waals surface area contributed by atoms with Gasteiger partial charge in [-0.25, -0.2) is 4.98 Å². The van der Waals surface area contributed by atoms with E-state index in [9.17, 15) is 4.79 Å². The predicted octanol–water partition coefficient (Wildman–Crippen LogP) is 1.69. The number of hydrogen-bond donors (Lipinski definition) is 1. The fourth-order valence-corrected chi connectivity index (χ4v) is 1.71. The summed E-state index contributed by atoms with van der Waals surface area (Å²) in [5.41, 5.74) is 2.01. The molecule has 78 valence electrons. The highest BCUT2D eigenvalue weighted by Crippen LogP contribution is 2.14. The molecule has 0 saturated heterocycles. The minimum atomic E-state index is -0.175. The first-order chi connectivity index (χ1) is 7.84. The Balaban J connectivity index is 2.30. The van der Waals surface area contributed by atoms with Crippen molar-refractivity contribution in [2.24, 2.45) is 0 Å². The number of nitrogens with one attached hydrogen (secondary N) is 1. The van der Waals surface area contributed by atoms with E-state index in [-0.39, 0.29) is 5.56 Å². The first-order valence-electron chi connectivity index (χ1n) is 4.96. The quantitative estimate of drug-likeness (QED) is 0.665. The summed E-state index contributed by atoms with van der Waals surface area (Å²) in [7, 11) is 0. The lowest BCUT2D eigenvalue weighted by Crippen LogP contribution is -2.10. The number of H-pyrrole nitrogens is 1. The highest BCUT2D eigenvalue weighted by atomic mass is 16.1. The molecular weight excluding hydrogens is 202 g/mol. The zero-order chi connectivity index (χ0) is 11.0. The average Bonchev–Trinajstić information content (AvgIpc) is 2.79. The van der Waals surface area contributed by atoms with Crippen LogP contribution in [0.4, 0.5) is 0 Å². The van der Waals surface area contributed by atoms with Crippen LogP contribution in [-0.2, 0) is 0 Å². The molecule has 16 heavy (non-hydrogen) atoms. The monoisotopic (exact) mass is 211 g/mol. The standard InChI is InChI=1S/C12H9N3O/c16-12-11-13-6-7-15(11)8-10(14-12)9-4-2-1-3-5-9/h1-8H,(H,14,16). The molecule has 0 radical (unpaired) electrons. The number of fused-ring (bicyclic) bond motifs is 1. The Morgan fingerprint density at radius 2 is 2.00 bits per heavy atom. The van der Waals surface area contributed by atoms with Crippen LogP contribution >= 0.6 is 0 Å². The summed E-state index contributed by atoms with van der Waals surface area (Å²) in [6, 6.07) is 9.72. The maximum Gasteiger partial charge on any atom is 0.292 e. The van der Waals surface area contributed by atoms with Crippen molar-refractivity contribution in [1.82, 2.24) is 14.4 Å². The number of rotatable bonds is 1. The minimum absolute atomic E-state index is 0.175. The summed E-state index contributed by atoms with van der Waals surface area (Å²) >= 11 is 0. The van der Waals surface area contributed by atoms with Gasteiger partial charge >= 0.3 is 0 Å². The molecule has 3 aromatic rings. The Bertz CT molecular complexity index is 682. The zero-order valence-corrected chi connectivity index (χ0v) is 8.42. The second-order valence-electron chi connectivity index (χ2n) is 3.52. The lowest BCUT2D eigenvalue weighted by Gasteiger charge is -2.01. The Morgan fingerprint density at radius 3 is 2.81 bits per heavy atom. The smallest absolute Gasteiger partial charge is 0.292 e. The van der Waals surface area contributed by atoms with Gasteiger partial charge in [-0.3, -0.25) is 4.79 Å². The number of aromatic amines is 1. The van der Waals surface area contributed by atoms with Gasteiger partial charge in [0.1, 0.15) is 0 Å². The van der Waals surface area contributed by atoms with E-state index in [4.69, 9.17) is 0 Å². The second kappa shape index (κ2) is 3.34. The van der Waals surface area contributed by atoms with Crippen LogP contribution in [0.15, 0.2) is 53.7 Å². The fraction of sp³-hybridized carbons (Fsp3) is 0. The first-order valence-corrected chi connectivity index (χ1v) is 4.96. The molecular formula is C12H9N3O. The highest BCUT2D eigenvalue weighted by molar-refractivity contribution is 5.59. The van der Waals surface area contributed by atoms with Gasteiger partial charge in [0.25, 0.3) is 5.56 Å². The molecule has 0 saturated carbocycles. The van der Waals surface area contributed by atoms with Gasteiger partial charge in [-0.2, -0.15) is 0 Å². The largest absolute Gasteiger partial charge is 0.317 e. The van der Waals surface area contributed by atoms with Crippen molar-refractivity contribution < 1.29 is 0 Å². The number of aromatic nitrogens is 3. The Morgan fingerprint density at radius 1 is 1.19 bits per heavy atom. The lowest BCUT2D eigenvalue weighted by molar-refractivity contribution is 1.10. The SMILES string of the molecule is O=c1[nH]c(-c2ccccc2)cn2ccnc12. The molecule has 0 aliphatic rings. The zero-order valence-electron chi connectivity index (χ0n) is 8.42. The molecule has 1 N–H and O–H groups in total. The van der Waals surface area contributed by atoms with Gasteiger partial charge in [-0.15, -0.1) is 0 Å². The van der Waals surface area contributed by atoms with Crippen LogP contribution in [0.25, 0.3) is 16.9 Å². The van der Waals surface area contributed by atoms with E-state index in [1.165, 1.54) is 0 Å². The van der Waals surface area contributed by atoms with E-state index >= 15 is 0 Å². The molecule has 4 heteroatoms. The third kappa shape index (κ3) is 1.32. The normalized spacial score (nSPS) is 10.8. The van der Waals surface area contributed by atoms with Crippen molar-refractivity contribution in [3.05, 3.63) is 59.3 Å². The van der Waals surface area contributed by atoms with Crippen LogP contribution in [0.2, 0.25) is 0 Å². The van der Waals surface area contributed by atoms with Crippen LogP contribution in [0.1, 0.15) is 0 Å². The van der Waals surface area contributed by atoms with Gasteiger partial charge in [0.15, 0.2) is 0 Å². The average molecular weight is 211 g/mol. The molecule has 0 unspecified atom stereocenters. The van der Waals surface area contributed by atoms with E-state index in [0.717, 1.165) is 11.3 Å². The molecule has 0 bridgehead atoms. The molecule has 0 fully saturated rings. The van der Waals surface area contributed by atoms with Crippen LogP contribution in [0, 0.1) is 0 Å². The lowest BCUT2D eigenvalue weighted by atomic mass is 10.2. The highest BCUT2D eigenvalue weighted by Gasteiger charge is 2.03. The number of hydrogen-bond acceptors (Lipinski definition) is 2. The Kier molecular flexibility index (Phi) is 1.86. The number of nitrogens with zero attached hydrogens (tertiary/aromatic N) is 2. The topological polar surface area (TPSA) is 50.2 Å². The summed E-state index contributed by atoms with van der Waals surface area (Å²) in [5.74, 6) is 0. The summed E-state index contributed by atoms with van der Waals surface area (Å²) in [4.78, 5) is 18.5. The molecule has 0 aliphatic carbocycles. The molecule has 2 heterocycles. The molecule has 3 rings (SSSR count). The van der Waals surface area contributed by atoms with Gasteiger partial charge in [-0.1, -0.05) is 30.3 Å². The van der Waals surface area contributed by atoms with Gasteiger partial charge in [0.2, 0.25) is 5.65 Å². The number of imidazole rings is 1. The molecule has 0 atom stereocenters. The van der Waals surface area contributed by atoms with E-state index < -0.39 is 0 Å². The van der Waals surface area contributed by atoms with Crippen LogP contribution in [0.5, 0.6) is 0 Å². The van der Waals surface area contributed by atoms with Gasteiger partial charge in [0, 0.05) is 18.6 Å². The maximum atomic E-state index is 11.7. The van der Waals surface area contributed by atoms with Gasteiger partial charge in [-0.05, 0) is 5.56 Å². The van der Waals surface area contributed by atoms with Crippen LogP contribution < -0.4 is 5.56 Å². The fourth-order valence-electron chi connectivity index (χ4n) is 1.71. The molecule has 1 aromatic carbocycles. The van der Waals surface area contributed by atoms with Crippen molar-refractivity contribution in [1.29, 1.82) is 0 Å². The molecule has 0 aliphatic heterocycles. The van der Waals surface area contributed by atoms with E-state index in [0.29, 0.717) is 5.65 Å². The van der Waals surface area contributed by atoms with E-state index in [2.05, 4.69) is 9.97 Å². The first kappa shape index (κ1) is 8.91. The van der Waals surface area contributed by atoms with E-state index in [1.54, 1.807) is 16.8 Å². The molecule has 0 spiro atoms. The summed E-state index contributed by atoms with van der Waals surface area (Å²) in [6.07, 6.45) is 5.23. The summed E-state index contributed by atoms with van der Waals surface area (Å²) < 4.78 is 1.72.